The molecule has 1 atom stereocenters. The molecule has 0 amide bonds. The second kappa shape index (κ2) is 7.13. The van der Waals surface area contributed by atoms with E-state index in [4.69, 9.17) is 0 Å². The van der Waals surface area contributed by atoms with Gasteiger partial charge in [0.25, 0.3) is 10.0 Å². The number of nitrogens with one attached hydrogen (secondary N) is 3. The molecule has 1 aromatic heterocycles. The SMILES string of the molecule is CNCc1cn[nH]c1S(=O)(=O)NCC(C)CSC. The van der Waals surface area contributed by atoms with Gasteiger partial charge in [-0.15, -0.1) is 0 Å². The van der Waals surface area contributed by atoms with Gasteiger partial charge in [0.2, 0.25) is 0 Å². The smallest absolute Gasteiger partial charge is 0.257 e. The number of hydrogen-bond donors (Lipinski definition) is 3. The number of rotatable bonds is 8. The van der Waals surface area contributed by atoms with Crippen molar-refractivity contribution in [2.75, 3.05) is 25.6 Å². The third-order valence-corrected chi connectivity index (χ3v) is 4.73. The molecule has 0 spiro atoms. The highest BCUT2D eigenvalue weighted by molar-refractivity contribution is 7.98. The molecule has 1 unspecified atom stereocenters. The number of thioether (sulfide) groups is 1. The van der Waals surface area contributed by atoms with E-state index < -0.39 is 10.0 Å². The molecular formula is C10H20N4O2S2. The van der Waals surface area contributed by atoms with E-state index in [1.54, 1.807) is 18.8 Å². The van der Waals surface area contributed by atoms with Crippen LogP contribution in [-0.2, 0) is 16.6 Å². The Bertz CT molecular complexity index is 458. The number of aromatic nitrogens is 2. The summed E-state index contributed by atoms with van der Waals surface area (Å²) in [4.78, 5) is 0. The maximum Gasteiger partial charge on any atom is 0.257 e. The maximum absolute atomic E-state index is 12.1. The topological polar surface area (TPSA) is 86.9 Å². The van der Waals surface area contributed by atoms with Gasteiger partial charge in [-0.1, -0.05) is 6.92 Å². The predicted octanol–water partition coefficient (Wildman–Crippen LogP) is 0.407. The normalized spacial score (nSPS) is 13.7. The summed E-state index contributed by atoms with van der Waals surface area (Å²) in [5, 5.41) is 9.38. The van der Waals surface area contributed by atoms with Gasteiger partial charge in [0.1, 0.15) is 0 Å². The van der Waals surface area contributed by atoms with Crippen LogP contribution in [0.5, 0.6) is 0 Å². The van der Waals surface area contributed by atoms with Crippen molar-refractivity contribution in [3.05, 3.63) is 11.8 Å². The molecular weight excluding hydrogens is 272 g/mol. The monoisotopic (exact) mass is 292 g/mol. The van der Waals surface area contributed by atoms with Gasteiger partial charge in [-0.05, 0) is 25.0 Å². The van der Waals surface area contributed by atoms with Crippen molar-refractivity contribution in [2.45, 2.75) is 18.5 Å². The molecule has 3 N–H and O–H groups in total. The third-order valence-electron chi connectivity index (χ3n) is 2.39. The number of sulfonamides is 1. The standard InChI is InChI=1S/C10H20N4O2S2/c1-8(7-17-3)4-13-18(15,16)10-9(5-11-2)6-12-14-10/h6,8,11,13H,4-5,7H2,1-3H3,(H,12,14). The second-order valence-corrected chi connectivity index (χ2v) is 6.78. The summed E-state index contributed by atoms with van der Waals surface area (Å²) in [6, 6.07) is 0. The van der Waals surface area contributed by atoms with E-state index in [2.05, 4.69) is 20.2 Å². The van der Waals surface area contributed by atoms with Gasteiger partial charge < -0.3 is 5.32 Å². The van der Waals surface area contributed by atoms with E-state index in [0.29, 0.717) is 24.6 Å². The van der Waals surface area contributed by atoms with Gasteiger partial charge in [0, 0.05) is 18.7 Å². The van der Waals surface area contributed by atoms with Gasteiger partial charge in [-0.2, -0.15) is 16.9 Å². The lowest BCUT2D eigenvalue weighted by atomic mass is 10.2. The second-order valence-electron chi connectivity index (χ2n) is 4.17. The molecule has 0 bridgehead atoms. The van der Waals surface area contributed by atoms with E-state index in [0.717, 1.165) is 5.75 Å². The van der Waals surface area contributed by atoms with Crippen LogP contribution >= 0.6 is 11.8 Å². The van der Waals surface area contributed by atoms with Crippen LogP contribution in [0.2, 0.25) is 0 Å². The Labute approximate surface area is 112 Å². The van der Waals surface area contributed by atoms with Crippen LogP contribution in [0.25, 0.3) is 0 Å². The Balaban J connectivity index is 2.71. The van der Waals surface area contributed by atoms with Crippen molar-refractivity contribution in [3.8, 4) is 0 Å². The first-order chi connectivity index (χ1) is 8.51. The lowest BCUT2D eigenvalue weighted by Crippen LogP contribution is -2.30. The number of aromatic amines is 1. The summed E-state index contributed by atoms with van der Waals surface area (Å²) < 4.78 is 26.8. The third kappa shape index (κ3) is 4.27. The Morgan fingerprint density at radius 1 is 1.56 bits per heavy atom. The molecule has 0 radical (unpaired) electrons. The molecule has 1 rings (SSSR count). The highest BCUT2D eigenvalue weighted by Crippen LogP contribution is 2.12. The molecule has 6 nitrogen and oxygen atoms in total. The van der Waals surface area contributed by atoms with Crippen molar-refractivity contribution in [3.63, 3.8) is 0 Å². The number of hydrogen-bond acceptors (Lipinski definition) is 5. The molecule has 0 saturated carbocycles. The van der Waals surface area contributed by atoms with Crippen LogP contribution in [0.4, 0.5) is 0 Å². The summed E-state index contributed by atoms with van der Waals surface area (Å²) >= 11 is 1.70. The van der Waals surface area contributed by atoms with Crippen molar-refractivity contribution in [2.24, 2.45) is 5.92 Å². The van der Waals surface area contributed by atoms with Gasteiger partial charge in [0.05, 0.1) is 6.20 Å². The summed E-state index contributed by atoms with van der Waals surface area (Å²) in [6.07, 6.45) is 3.53. The summed E-state index contributed by atoms with van der Waals surface area (Å²) in [5.74, 6) is 1.22. The molecule has 18 heavy (non-hydrogen) atoms. The highest BCUT2D eigenvalue weighted by Gasteiger charge is 2.20. The van der Waals surface area contributed by atoms with E-state index in [-0.39, 0.29) is 5.03 Å². The minimum atomic E-state index is -3.50. The molecule has 104 valence electrons. The average Bonchev–Trinajstić information content (AvgIpc) is 2.77. The average molecular weight is 292 g/mol. The Kier molecular flexibility index (Phi) is 6.13. The quantitative estimate of drug-likeness (QED) is 0.646. The lowest BCUT2D eigenvalue weighted by Gasteiger charge is -2.11. The highest BCUT2D eigenvalue weighted by atomic mass is 32.2. The maximum atomic E-state index is 12.1. The van der Waals surface area contributed by atoms with Crippen LogP contribution in [-0.4, -0.2) is 44.2 Å². The summed E-state index contributed by atoms with van der Waals surface area (Å²) in [5.41, 5.74) is 0.641. The molecule has 1 aromatic rings. The van der Waals surface area contributed by atoms with Crippen LogP contribution in [0.15, 0.2) is 11.2 Å². The Hall–Kier alpha value is -0.570. The number of nitrogens with zero attached hydrogens (tertiary/aromatic N) is 1. The first-order valence-electron chi connectivity index (χ1n) is 5.66. The van der Waals surface area contributed by atoms with Gasteiger partial charge in [-0.3, -0.25) is 5.10 Å². The van der Waals surface area contributed by atoms with E-state index >= 15 is 0 Å². The van der Waals surface area contributed by atoms with Crippen molar-refractivity contribution in [1.82, 2.24) is 20.2 Å². The molecule has 1 heterocycles. The number of H-pyrrole nitrogens is 1. The van der Waals surface area contributed by atoms with Crippen molar-refractivity contribution in [1.29, 1.82) is 0 Å². The molecule has 0 fully saturated rings. The van der Waals surface area contributed by atoms with E-state index in [9.17, 15) is 8.42 Å². The summed E-state index contributed by atoms with van der Waals surface area (Å²) in [6.45, 7) is 2.91. The van der Waals surface area contributed by atoms with Gasteiger partial charge in [-0.25, -0.2) is 13.1 Å². The first kappa shape index (κ1) is 15.5. The fourth-order valence-electron chi connectivity index (χ4n) is 1.52. The largest absolute Gasteiger partial charge is 0.316 e. The van der Waals surface area contributed by atoms with Gasteiger partial charge in [0.15, 0.2) is 5.03 Å². The van der Waals surface area contributed by atoms with Crippen LogP contribution < -0.4 is 10.0 Å². The first-order valence-corrected chi connectivity index (χ1v) is 8.54. The molecule has 0 aliphatic heterocycles. The fourth-order valence-corrected chi connectivity index (χ4v) is 3.49. The Morgan fingerprint density at radius 3 is 2.89 bits per heavy atom. The minimum absolute atomic E-state index is 0.146. The van der Waals surface area contributed by atoms with E-state index in [1.165, 1.54) is 6.20 Å². The van der Waals surface area contributed by atoms with Crippen molar-refractivity contribution >= 4 is 21.8 Å². The Morgan fingerprint density at radius 2 is 2.28 bits per heavy atom. The van der Waals surface area contributed by atoms with Crippen LogP contribution in [0.3, 0.4) is 0 Å². The minimum Gasteiger partial charge on any atom is -0.316 e. The fraction of sp³-hybridized carbons (Fsp3) is 0.700. The molecule has 0 aromatic carbocycles. The molecule has 0 saturated heterocycles. The van der Waals surface area contributed by atoms with Gasteiger partial charge >= 0.3 is 0 Å². The van der Waals surface area contributed by atoms with Crippen LogP contribution in [0, 0.1) is 5.92 Å². The molecule has 0 aliphatic rings. The summed E-state index contributed by atoms with van der Waals surface area (Å²) in [7, 11) is -1.74. The molecule has 0 aliphatic carbocycles. The zero-order chi connectivity index (χ0) is 13.6. The predicted molar refractivity (Wildman–Crippen MR) is 74.1 cm³/mol. The lowest BCUT2D eigenvalue weighted by molar-refractivity contribution is 0.557. The van der Waals surface area contributed by atoms with Crippen molar-refractivity contribution < 1.29 is 8.42 Å². The molecule has 8 heteroatoms. The van der Waals surface area contributed by atoms with E-state index in [1.807, 2.05) is 13.2 Å². The zero-order valence-corrected chi connectivity index (χ0v) is 12.5. The van der Waals surface area contributed by atoms with Crippen LogP contribution in [0.1, 0.15) is 12.5 Å². The zero-order valence-electron chi connectivity index (χ0n) is 10.9.